The van der Waals surface area contributed by atoms with E-state index in [0.717, 1.165) is 17.0 Å². The number of H-pyrrole nitrogens is 1. The van der Waals surface area contributed by atoms with E-state index in [4.69, 9.17) is 0 Å². The molecule has 1 unspecified atom stereocenters. The lowest BCUT2D eigenvalue weighted by Gasteiger charge is -2.25. The minimum Gasteiger partial charge on any atom is -0.356 e. The molecule has 2 heterocycles. The molecule has 1 atom stereocenters. The number of hydrogen-bond donors (Lipinski definition) is 1. The Morgan fingerprint density at radius 3 is 2.09 bits per heavy atom. The van der Waals surface area contributed by atoms with Crippen LogP contribution < -0.4 is 5.43 Å². The molecular weight excluding hydrogens is 445 g/mol. The summed E-state index contributed by atoms with van der Waals surface area (Å²) in [5.41, 5.74) is 0.409. The molecule has 0 bridgehead atoms. The number of hydrogen-bond acceptors (Lipinski definition) is 3. The molecule has 1 aromatic heterocycles. The van der Waals surface area contributed by atoms with Crippen LogP contribution in [0.15, 0.2) is 65.5 Å². The van der Waals surface area contributed by atoms with Gasteiger partial charge in [0, 0.05) is 17.0 Å². The lowest BCUT2D eigenvalue weighted by molar-refractivity contribution is 0.0593. The average Bonchev–Trinajstić information content (AvgIpc) is 3.07. The molecule has 1 N–H and O–H groups in total. The highest BCUT2D eigenvalue weighted by atomic mass is 19.1. The van der Waals surface area contributed by atoms with Crippen LogP contribution in [-0.4, -0.2) is 21.7 Å². The molecule has 170 valence electrons. The average molecular weight is 462 g/mol. The molecule has 34 heavy (non-hydrogen) atoms. The molecule has 0 radical (unpaired) electrons. The largest absolute Gasteiger partial charge is 0.356 e. The van der Waals surface area contributed by atoms with Crippen molar-refractivity contribution in [3.8, 4) is 11.1 Å². The Morgan fingerprint density at radius 1 is 0.882 bits per heavy atom. The number of fused-ring (bicyclic) bond motifs is 2. The van der Waals surface area contributed by atoms with Crippen LogP contribution in [0.25, 0.3) is 22.0 Å². The van der Waals surface area contributed by atoms with Crippen LogP contribution in [0.5, 0.6) is 0 Å². The fraction of sp³-hybridized carbons (Fsp3) is 0.115. The van der Waals surface area contributed by atoms with Crippen molar-refractivity contribution in [2.75, 3.05) is 0 Å². The number of imide groups is 1. The van der Waals surface area contributed by atoms with Gasteiger partial charge in [0.2, 0.25) is 0 Å². The molecule has 3 aromatic carbocycles. The van der Waals surface area contributed by atoms with Crippen molar-refractivity contribution in [3.05, 3.63) is 105 Å². The molecule has 0 saturated carbocycles. The van der Waals surface area contributed by atoms with Gasteiger partial charge < -0.3 is 4.98 Å². The SMILES string of the molecule is CC(c1[nH]c2ccc(CF)cc2c(=O)c1-c1cc(F)cc(F)c1)N1C(=O)c2ccccc2C1=O. The first-order chi connectivity index (χ1) is 16.3. The highest BCUT2D eigenvalue weighted by molar-refractivity contribution is 6.21. The van der Waals surface area contributed by atoms with Gasteiger partial charge in [-0.2, -0.15) is 0 Å². The third-order valence-corrected chi connectivity index (χ3v) is 6.03. The highest BCUT2D eigenvalue weighted by Gasteiger charge is 2.40. The number of halogens is 3. The van der Waals surface area contributed by atoms with Gasteiger partial charge in [-0.1, -0.05) is 18.2 Å². The maximum atomic E-state index is 14.1. The number of aromatic amines is 1. The van der Waals surface area contributed by atoms with Gasteiger partial charge >= 0.3 is 0 Å². The zero-order valence-electron chi connectivity index (χ0n) is 17.9. The monoisotopic (exact) mass is 462 g/mol. The second kappa shape index (κ2) is 7.98. The summed E-state index contributed by atoms with van der Waals surface area (Å²) in [5, 5.41) is 0.119. The maximum absolute atomic E-state index is 14.1. The summed E-state index contributed by atoms with van der Waals surface area (Å²) in [5.74, 6) is -2.88. The van der Waals surface area contributed by atoms with Crippen molar-refractivity contribution in [1.29, 1.82) is 0 Å². The first-order valence-electron chi connectivity index (χ1n) is 10.5. The summed E-state index contributed by atoms with van der Waals surface area (Å²) in [6.07, 6.45) is 0. The summed E-state index contributed by atoms with van der Waals surface area (Å²) < 4.78 is 41.4. The lowest BCUT2D eigenvalue weighted by atomic mass is 9.96. The van der Waals surface area contributed by atoms with E-state index >= 15 is 0 Å². The van der Waals surface area contributed by atoms with Gasteiger partial charge in [-0.25, -0.2) is 13.2 Å². The topological polar surface area (TPSA) is 70.2 Å². The van der Waals surface area contributed by atoms with Gasteiger partial charge in [-0.3, -0.25) is 19.3 Å². The van der Waals surface area contributed by atoms with Gasteiger partial charge in [0.25, 0.3) is 11.8 Å². The minimum atomic E-state index is -0.980. The fourth-order valence-corrected chi connectivity index (χ4v) is 4.42. The Balaban J connectivity index is 1.77. The van der Waals surface area contributed by atoms with Crippen molar-refractivity contribution in [1.82, 2.24) is 9.88 Å². The molecule has 1 aliphatic rings. The van der Waals surface area contributed by atoms with E-state index in [1.165, 1.54) is 30.3 Å². The summed E-state index contributed by atoms with van der Waals surface area (Å²) in [6.45, 7) is 0.750. The number of benzene rings is 3. The molecule has 0 spiro atoms. The zero-order valence-corrected chi connectivity index (χ0v) is 17.9. The Morgan fingerprint density at radius 2 is 1.50 bits per heavy atom. The molecule has 5 rings (SSSR count). The first-order valence-corrected chi connectivity index (χ1v) is 10.5. The predicted molar refractivity (Wildman–Crippen MR) is 120 cm³/mol. The Hall–Kier alpha value is -4.20. The molecule has 5 nitrogen and oxygen atoms in total. The maximum Gasteiger partial charge on any atom is 0.262 e. The van der Waals surface area contributed by atoms with Crippen molar-refractivity contribution in [3.63, 3.8) is 0 Å². The Bertz CT molecular complexity index is 1510. The number of aromatic nitrogens is 1. The summed E-state index contributed by atoms with van der Waals surface area (Å²) in [7, 11) is 0. The van der Waals surface area contributed by atoms with E-state index in [9.17, 15) is 27.6 Å². The van der Waals surface area contributed by atoms with Gasteiger partial charge in [-0.05, 0) is 54.4 Å². The molecular formula is C26H17F3N2O3. The van der Waals surface area contributed by atoms with Crippen LogP contribution in [0, 0.1) is 11.6 Å². The number of carbonyl (C=O) groups is 2. The van der Waals surface area contributed by atoms with E-state index in [1.807, 2.05) is 0 Å². The molecule has 0 saturated heterocycles. The molecule has 0 aliphatic carbocycles. The van der Waals surface area contributed by atoms with E-state index in [0.29, 0.717) is 11.6 Å². The Kier molecular flexibility index (Phi) is 5.08. The van der Waals surface area contributed by atoms with E-state index < -0.39 is 41.6 Å². The summed E-state index contributed by atoms with van der Waals surface area (Å²) in [6, 6.07) is 12.4. The first kappa shape index (κ1) is 21.6. The van der Waals surface area contributed by atoms with Crippen LogP contribution >= 0.6 is 0 Å². The third kappa shape index (κ3) is 3.30. The number of rotatable bonds is 4. The number of alkyl halides is 1. The molecule has 8 heteroatoms. The molecule has 4 aromatic rings. The zero-order chi connectivity index (χ0) is 24.1. The fourth-order valence-electron chi connectivity index (χ4n) is 4.42. The normalized spacial score (nSPS) is 14.1. The third-order valence-electron chi connectivity index (χ3n) is 6.03. The lowest BCUT2D eigenvalue weighted by Crippen LogP contribution is -2.34. The van der Waals surface area contributed by atoms with Gasteiger partial charge in [0.15, 0.2) is 5.43 Å². The van der Waals surface area contributed by atoms with Crippen molar-refractivity contribution >= 4 is 22.7 Å². The number of nitrogens with one attached hydrogen (secondary N) is 1. The van der Waals surface area contributed by atoms with Crippen LogP contribution in [0.2, 0.25) is 0 Å². The van der Waals surface area contributed by atoms with Crippen LogP contribution in [0.3, 0.4) is 0 Å². The quantitative estimate of drug-likeness (QED) is 0.419. The van der Waals surface area contributed by atoms with E-state index in [-0.39, 0.29) is 38.9 Å². The summed E-state index contributed by atoms with van der Waals surface area (Å²) in [4.78, 5) is 43.8. The standard InChI is InChI=1S/C26H17F3N2O3/c1-13(31-25(33)18-4-2-3-5-19(18)26(31)34)23-22(15-9-16(28)11-17(29)10-15)24(32)20-8-14(12-27)6-7-21(20)30-23/h2-11,13H,12H2,1H3,(H,30,32). The highest BCUT2D eigenvalue weighted by Crippen LogP contribution is 2.35. The van der Waals surface area contributed by atoms with Crippen LogP contribution in [-0.2, 0) is 6.67 Å². The van der Waals surface area contributed by atoms with Crippen LogP contribution in [0.1, 0.15) is 44.9 Å². The van der Waals surface area contributed by atoms with Gasteiger partial charge in [0.1, 0.15) is 18.3 Å². The van der Waals surface area contributed by atoms with Crippen molar-refractivity contribution in [2.24, 2.45) is 0 Å². The predicted octanol–water partition coefficient (Wildman–Crippen LogP) is 5.30. The van der Waals surface area contributed by atoms with Crippen LogP contribution in [0.4, 0.5) is 13.2 Å². The number of carbonyl (C=O) groups excluding carboxylic acids is 2. The van der Waals surface area contributed by atoms with E-state index in [2.05, 4.69) is 4.98 Å². The summed E-state index contributed by atoms with van der Waals surface area (Å²) >= 11 is 0. The Labute approximate surface area is 191 Å². The molecule has 0 fully saturated rings. The van der Waals surface area contributed by atoms with Gasteiger partial charge in [0.05, 0.1) is 28.4 Å². The van der Waals surface area contributed by atoms with Crippen molar-refractivity contribution in [2.45, 2.75) is 19.6 Å². The number of amides is 2. The van der Waals surface area contributed by atoms with Crippen molar-refractivity contribution < 1.29 is 22.8 Å². The van der Waals surface area contributed by atoms with E-state index in [1.54, 1.807) is 19.1 Å². The second-order valence-corrected chi connectivity index (χ2v) is 8.12. The molecule has 1 aliphatic heterocycles. The van der Waals surface area contributed by atoms with Gasteiger partial charge in [-0.15, -0.1) is 0 Å². The molecule has 2 amide bonds. The smallest absolute Gasteiger partial charge is 0.262 e. The minimum absolute atomic E-state index is 0.0650. The second-order valence-electron chi connectivity index (χ2n) is 8.12. The number of nitrogens with zero attached hydrogens (tertiary/aromatic N) is 1. The number of pyridine rings is 1.